The van der Waals surface area contributed by atoms with Gasteiger partial charge < -0.3 is 10.1 Å². The summed E-state index contributed by atoms with van der Waals surface area (Å²) in [4.78, 5) is 0. The molecule has 1 aromatic heterocycles. The van der Waals surface area contributed by atoms with Crippen molar-refractivity contribution in [2.24, 2.45) is 7.05 Å². The van der Waals surface area contributed by atoms with E-state index in [4.69, 9.17) is 4.74 Å². The lowest BCUT2D eigenvalue weighted by atomic mass is 10.2. The molecule has 5 heteroatoms. The predicted octanol–water partition coefficient (Wildman–Crippen LogP) is 2.22. The highest BCUT2D eigenvalue weighted by Crippen LogP contribution is 2.31. The summed E-state index contributed by atoms with van der Waals surface area (Å²) in [7, 11) is 5.61. The molecule has 0 saturated heterocycles. The van der Waals surface area contributed by atoms with Crippen molar-refractivity contribution in [1.82, 2.24) is 15.1 Å². The van der Waals surface area contributed by atoms with Gasteiger partial charge in [0, 0.05) is 17.5 Å². The van der Waals surface area contributed by atoms with Crippen LogP contribution in [0.3, 0.4) is 0 Å². The minimum atomic E-state index is 0.252. The summed E-state index contributed by atoms with van der Waals surface area (Å²) in [5.41, 5.74) is 1.10. The van der Waals surface area contributed by atoms with Gasteiger partial charge >= 0.3 is 0 Å². The molecule has 4 nitrogen and oxygen atoms in total. The predicted molar refractivity (Wildman–Crippen MR) is 73.8 cm³/mol. The summed E-state index contributed by atoms with van der Waals surface area (Å²) >= 11 is 1.93. The van der Waals surface area contributed by atoms with Gasteiger partial charge in [-0.05, 0) is 7.05 Å². The van der Waals surface area contributed by atoms with Gasteiger partial charge in [0.1, 0.15) is 0 Å². The van der Waals surface area contributed by atoms with E-state index >= 15 is 0 Å². The number of ether oxygens (including phenoxy) is 1. The monoisotopic (exact) mass is 257 g/mol. The Bertz CT molecular complexity index is 357. The lowest BCUT2D eigenvalue weighted by molar-refractivity contribution is 0.401. The van der Waals surface area contributed by atoms with Crippen molar-refractivity contribution < 1.29 is 4.74 Å². The molecule has 0 fully saturated rings. The van der Waals surface area contributed by atoms with E-state index < -0.39 is 0 Å². The molecule has 98 valence electrons. The number of aryl methyl sites for hydroxylation is 1. The van der Waals surface area contributed by atoms with Crippen LogP contribution in [-0.4, -0.2) is 34.4 Å². The fourth-order valence-electron chi connectivity index (χ4n) is 1.61. The van der Waals surface area contributed by atoms with E-state index in [1.54, 1.807) is 13.3 Å². The number of methoxy groups -OCH3 is 1. The SMILES string of the molecule is CNC(CSC(C)(C)C)c1c(OC)cnn1C. The van der Waals surface area contributed by atoms with E-state index in [9.17, 15) is 0 Å². The van der Waals surface area contributed by atoms with Crippen LogP contribution >= 0.6 is 11.8 Å². The summed E-state index contributed by atoms with van der Waals surface area (Å²) in [6, 6.07) is 0.252. The first kappa shape index (κ1) is 14.4. The Morgan fingerprint density at radius 2 is 2.18 bits per heavy atom. The van der Waals surface area contributed by atoms with Gasteiger partial charge in [0.15, 0.2) is 5.75 Å². The second-order valence-electron chi connectivity index (χ2n) is 4.99. The van der Waals surface area contributed by atoms with E-state index in [2.05, 4.69) is 31.2 Å². The zero-order valence-electron chi connectivity index (χ0n) is 11.6. The van der Waals surface area contributed by atoms with Crippen LogP contribution in [0.25, 0.3) is 0 Å². The Balaban J connectivity index is 2.82. The molecule has 1 aromatic rings. The normalized spacial score (nSPS) is 13.8. The highest BCUT2D eigenvalue weighted by Gasteiger charge is 2.21. The number of nitrogens with zero attached hydrogens (tertiary/aromatic N) is 2. The molecule has 1 unspecified atom stereocenters. The second kappa shape index (κ2) is 5.78. The Hall–Kier alpha value is -0.680. The Labute approximate surface area is 108 Å². The van der Waals surface area contributed by atoms with Crippen molar-refractivity contribution in [2.45, 2.75) is 31.6 Å². The van der Waals surface area contributed by atoms with Crippen LogP contribution < -0.4 is 10.1 Å². The molecule has 0 aromatic carbocycles. The molecule has 0 aliphatic carbocycles. The molecule has 0 radical (unpaired) electrons. The first-order chi connectivity index (χ1) is 7.89. The molecule has 0 bridgehead atoms. The van der Waals surface area contributed by atoms with E-state index in [1.165, 1.54) is 0 Å². The van der Waals surface area contributed by atoms with E-state index in [1.807, 2.05) is 30.5 Å². The fourth-order valence-corrected chi connectivity index (χ4v) is 2.60. The summed E-state index contributed by atoms with van der Waals surface area (Å²) < 4.78 is 7.49. The fraction of sp³-hybridized carbons (Fsp3) is 0.750. The van der Waals surface area contributed by atoms with Gasteiger partial charge in [-0.2, -0.15) is 16.9 Å². The molecule has 1 N–H and O–H groups in total. The second-order valence-corrected chi connectivity index (χ2v) is 6.83. The van der Waals surface area contributed by atoms with Crippen molar-refractivity contribution >= 4 is 11.8 Å². The Kier molecular flexibility index (Phi) is 4.89. The first-order valence-electron chi connectivity index (χ1n) is 5.76. The lowest BCUT2D eigenvalue weighted by Crippen LogP contribution is -2.24. The smallest absolute Gasteiger partial charge is 0.161 e. The third kappa shape index (κ3) is 3.92. The summed E-state index contributed by atoms with van der Waals surface area (Å²) in [5, 5.41) is 7.57. The minimum Gasteiger partial charge on any atom is -0.493 e. The number of rotatable bonds is 5. The average Bonchev–Trinajstić information content (AvgIpc) is 2.60. The molecular weight excluding hydrogens is 234 g/mol. The molecule has 0 saturated carbocycles. The number of aromatic nitrogens is 2. The maximum atomic E-state index is 5.35. The molecule has 1 rings (SSSR count). The van der Waals surface area contributed by atoms with Crippen molar-refractivity contribution in [2.75, 3.05) is 19.9 Å². The zero-order valence-corrected chi connectivity index (χ0v) is 12.4. The van der Waals surface area contributed by atoms with Crippen LogP contribution in [0.15, 0.2) is 6.20 Å². The van der Waals surface area contributed by atoms with Crippen LogP contribution in [0.2, 0.25) is 0 Å². The minimum absolute atomic E-state index is 0.252. The van der Waals surface area contributed by atoms with Gasteiger partial charge in [-0.25, -0.2) is 0 Å². The highest BCUT2D eigenvalue weighted by atomic mass is 32.2. The van der Waals surface area contributed by atoms with Crippen LogP contribution in [0.4, 0.5) is 0 Å². The van der Waals surface area contributed by atoms with Crippen molar-refractivity contribution in [1.29, 1.82) is 0 Å². The lowest BCUT2D eigenvalue weighted by Gasteiger charge is -2.23. The van der Waals surface area contributed by atoms with Gasteiger partial charge in [0.05, 0.1) is 25.0 Å². The number of thioether (sulfide) groups is 1. The van der Waals surface area contributed by atoms with Crippen LogP contribution in [0.1, 0.15) is 32.5 Å². The first-order valence-corrected chi connectivity index (χ1v) is 6.74. The molecule has 0 aliphatic heterocycles. The molecule has 17 heavy (non-hydrogen) atoms. The standard InChI is InChI=1S/C12H23N3OS/c1-12(2,3)17-8-9(13-4)11-10(16-6)7-14-15(11)5/h7,9,13H,8H2,1-6H3. The van der Waals surface area contributed by atoms with Gasteiger partial charge in [-0.15, -0.1) is 0 Å². The molecule has 0 aliphatic rings. The summed E-state index contributed by atoms with van der Waals surface area (Å²) in [6.07, 6.45) is 1.77. The van der Waals surface area contributed by atoms with E-state index in [-0.39, 0.29) is 10.8 Å². The molecule has 0 amide bonds. The van der Waals surface area contributed by atoms with Crippen LogP contribution in [-0.2, 0) is 7.05 Å². The zero-order chi connectivity index (χ0) is 13.1. The van der Waals surface area contributed by atoms with Gasteiger partial charge in [0.2, 0.25) is 0 Å². The van der Waals surface area contributed by atoms with E-state index in [0.717, 1.165) is 17.2 Å². The van der Waals surface area contributed by atoms with Crippen LogP contribution in [0.5, 0.6) is 5.75 Å². The van der Waals surface area contributed by atoms with Crippen molar-refractivity contribution in [3.05, 3.63) is 11.9 Å². The quantitative estimate of drug-likeness (QED) is 0.878. The van der Waals surface area contributed by atoms with Crippen molar-refractivity contribution in [3.8, 4) is 5.75 Å². The highest BCUT2D eigenvalue weighted by molar-refractivity contribution is 8.00. The summed E-state index contributed by atoms with van der Waals surface area (Å²) in [6.45, 7) is 6.68. The summed E-state index contributed by atoms with van der Waals surface area (Å²) in [5.74, 6) is 1.84. The van der Waals surface area contributed by atoms with Crippen molar-refractivity contribution in [3.63, 3.8) is 0 Å². The average molecular weight is 257 g/mol. The number of nitrogens with one attached hydrogen (secondary N) is 1. The number of hydrogen-bond donors (Lipinski definition) is 1. The number of hydrogen-bond acceptors (Lipinski definition) is 4. The Morgan fingerprint density at radius 1 is 1.53 bits per heavy atom. The van der Waals surface area contributed by atoms with Gasteiger partial charge in [0.25, 0.3) is 0 Å². The molecule has 1 atom stereocenters. The van der Waals surface area contributed by atoms with Gasteiger partial charge in [-0.1, -0.05) is 20.8 Å². The largest absolute Gasteiger partial charge is 0.493 e. The Morgan fingerprint density at radius 3 is 2.65 bits per heavy atom. The third-order valence-corrected chi connectivity index (χ3v) is 3.90. The maximum absolute atomic E-state index is 5.35. The molecule has 0 spiro atoms. The van der Waals surface area contributed by atoms with Crippen LogP contribution in [0, 0.1) is 0 Å². The van der Waals surface area contributed by atoms with Gasteiger partial charge in [-0.3, -0.25) is 4.68 Å². The third-order valence-electron chi connectivity index (χ3n) is 2.53. The van der Waals surface area contributed by atoms with E-state index in [0.29, 0.717) is 0 Å². The molecular formula is C12H23N3OS. The maximum Gasteiger partial charge on any atom is 0.161 e. The molecule has 1 heterocycles. The topological polar surface area (TPSA) is 39.1 Å².